The molecule has 32 heavy (non-hydrogen) atoms. The first-order chi connectivity index (χ1) is 15.3. The summed E-state index contributed by atoms with van der Waals surface area (Å²) in [7, 11) is 0. The second kappa shape index (κ2) is 12.8. The fourth-order valence-corrected chi connectivity index (χ4v) is 3.08. The fraction of sp³-hybridized carbons (Fsp3) is 0.750. The summed E-state index contributed by atoms with van der Waals surface area (Å²) in [6.07, 6.45) is 6.62. The van der Waals surface area contributed by atoms with Gasteiger partial charge in [-0.15, -0.1) is 10.2 Å². The number of azide groups is 1. The molecule has 2 heterocycles. The first-order valence-electron chi connectivity index (χ1n) is 11.0. The van der Waals surface area contributed by atoms with Crippen LogP contribution in [0.15, 0.2) is 17.5 Å². The van der Waals surface area contributed by atoms with Gasteiger partial charge in [-0.05, 0) is 59.0 Å². The third-order valence-corrected chi connectivity index (χ3v) is 4.70. The molecule has 0 unspecified atom stereocenters. The summed E-state index contributed by atoms with van der Waals surface area (Å²) in [5.41, 5.74) is 10.1. The highest BCUT2D eigenvalue weighted by Crippen LogP contribution is 2.14. The maximum atomic E-state index is 11.4. The first-order valence-corrected chi connectivity index (χ1v) is 11.0. The van der Waals surface area contributed by atoms with Gasteiger partial charge in [-0.1, -0.05) is 15.5 Å². The number of unbranched alkanes of at least 4 members (excludes halogenated alkanes) is 1. The van der Waals surface area contributed by atoms with E-state index in [4.69, 9.17) is 10.3 Å². The van der Waals surface area contributed by atoms with Crippen molar-refractivity contribution in [3.63, 3.8) is 0 Å². The van der Waals surface area contributed by atoms with Gasteiger partial charge in [0.1, 0.15) is 0 Å². The molecule has 0 aliphatic heterocycles. The number of rotatable bonds is 14. The lowest BCUT2D eigenvalue weighted by molar-refractivity contribution is -0.143. The Morgan fingerprint density at radius 2 is 1.88 bits per heavy atom. The maximum Gasteiger partial charge on any atom is 0.305 e. The average Bonchev–Trinajstić information content (AvgIpc) is 3.38. The predicted octanol–water partition coefficient (Wildman–Crippen LogP) is 3.06. The van der Waals surface area contributed by atoms with E-state index in [1.165, 1.54) is 0 Å². The number of aryl methyl sites for hydroxylation is 1. The van der Waals surface area contributed by atoms with E-state index in [0.717, 1.165) is 37.2 Å². The number of nitrogens with zero attached hydrogens (tertiary/aromatic N) is 10. The highest BCUT2D eigenvalue weighted by Gasteiger charge is 2.17. The monoisotopic (exact) mass is 446 g/mol. The van der Waals surface area contributed by atoms with Gasteiger partial charge in [0, 0.05) is 43.7 Å². The van der Waals surface area contributed by atoms with Crippen molar-refractivity contribution in [2.75, 3.05) is 19.7 Å². The Labute approximate surface area is 188 Å². The van der Waals surface area contributed by atoms with Gasteiger partial charge in [-0.25, -0.2) is 4.68 Å². The quantitative estimate of drug-likeness (QED) is 0.143. The van der Waals surface area contributed by atoms with E-state index >= 15 is 0 Å². The van der Waals surface area contributed by atoms with Crippen molar-refractivity contribution in [3.05, 3.63) is 34.2 Å². The number of hydrogen-bond donors (Lipinski definition) is 0. The maximum absolute atomic E-state index is 11.4. The second-order valence-corrected chi connectivity index (χ2v) is 8.58. The minimum Gasteiger partial charge on any atom is -0.466 e. The van der Waals surface area contributed by atoms with Gasteiger partial charge in [0.15, 0.2) is 0 Å². The van der Waals surface area contributed by atoms with Crippen LogP contribution in [0.1, 0.15) is 64.8 Å². The molecule has 176 valence electrons. The molecule has 0 saturated carbocycles. The third-order valence-electron chi connectivity index (χ3n) is 4.70. The highest BCUT2D eigenvalue weighted by atomic mass is 16.5. The summed E-state index contributed by atoms with van der Waals surface area (Å²) in [6.45, 7) is 11.5. The zero-order chi connectivity index (χ0) is 23.4. The van der Waals surface area contributed by atoms with E-state index in [-0.39, 0.29) is 11.5 Å². The molecule has 12 heteroatoms. The molecule has 0 aliphatic carbocycles. The van der Waals surface area contributed by atoms with Crippen molar-refractivity contribution in [2.24, 2.45) is 5.11 Å². The van der Waals surface area contributed by atoms with E-state index in [1.54, 1.807) is 4.68 Å². The lowest BCUT2D eigenvalue weighted by Gasteiger charge is -2.20. The van der Waals surface area contributed by atoms with Crippen LogP contribution in [0.25, 0.3) is 10.4 Å². The van der Waals surface area contributed by atoms with Gasteiger partial charge in [0.25, 0.3) is 0 Å². The van der Waals surface area contributed by atoms with Crippen molar-refractivity contribution in [2.45, 2.75) is 78.6 Å². The Bertz CT molecular complexity index is 879. The smallest absolute Gasteiger partial charge is 0.305 e. The molecule has 0 radical (unpaired) electrons. The van der Waals surface area contributed by atoms with Crippen LogP contribution in [-0.4, -0.2) is 60.6 Å². The summed E-state index contributed by atoms with van der Waals surface area (Å²) in [6, 6.07) is 0. The number of ether oxygens (including phenoxy) is 1. The van der Waals surface area contributed by atoms with Crippen molar-refractivity contribution in [3.8, 4) is 0 Å². The lowest BCUT2D eigenvalue weighted by Crippen LogP contribution is -2.25. The molecular formula is C20H34N10O2. The normalized spacial score (nSPS) is 11.5. The van der Waals surface area contributed by atoms with E-state index in [1.807, 2.05) is 24.0 Å². The number of hydrogen-bond acceptors (Lipinski definition) is 8. The van der Waals surface area contributed by atoms with Crippen LogP contribution < -0.4 is 0 Å². The van der Waals surface area contributed by atoms with Gasteiger partial charge in [0.05, 0.1) is 29.7 Å². The van der Waals surface area contributed by atoms with Crippen molar-refractivity contribution >= 4 is 5.97 Å². The number of esters is 1. The topological polar surface area (TPSA) is 140 Å². The highest BCUT2D eigenvalue weighted by molar-refractivity contribution is 5.69. The zero-order valence-corrected chi connectivity index (χ0v) is 19.5. The van der Waals surface area contributed by atoms with Crippen molar-refractivity contribution in [1.29, 1.82) is 0 Å². The van der Waals surface area contributed by atoms with Crippen LogP contribution >= 0.6 is 0 Å². The summed E-state index contributed by atoms with van der Waals surface area (Å²) < 4.78 is 8.60. The summed E-state index contributed by atoms with van der Waals surface area (Å²) in [5, 5.41) is 20.6. The molecule has 2 aromatic heterocycles. The van der Waals surface area contributed by atoms with Crippen LogP contribution in [0.4, 0.5) is 0 Å². The van der Waals surface area contributed by atoms with Gasteiger partial charge in [-0.3, -0.25) is 14.4 Å². The molecule has 2 aromatic rings. The van der Waals surface area contributed by atoms with Gasteiger partial charge in [-0.2, -0.15) is 0 Å². The SMILES string of the molecule is CCOC(=O)CCCCn1cc(CN(CCCN=[N+]=[N-])Cc2cn(C(C)(C)C)nn2)nn1. The zero-order valence-electron chi connectivity index (χ0n) is 19.5. The van der Waals surface area contributed by atoms with Crippen LogP contribution in [0.5, 0.6) is 0 Å². The Hall–Kier alpha value is -2.98. The molecule has 0 atom stereocenters. The van der Waals surface area contributed by atoms with Gasteiger partial charge in [0.2, 0.25) is 0 Å². The summed E-state index contributed by atoms with van der Waals surface area (Å²) in [4.78, 5) is 16.4. The van der Waals surface area contributed by atoms with Gasteiger partial charge < -0.3 is 4.74 Å². The van der Waals surface area contributed by atoms with Crippen LogP contribution in [0.2, 0.25) is 0 Å². The molecule has 0 bridgehead atoms. The Morgan fingerprint density at radius 3 is 2.53 bits per heavy atom. The molecule has 0 N–H and O–H groups in total. The van der Waals surface area contributed by atoms with E-state index in [9.17, 15) is 4.79 Å². The molecule has 2 rings (SSSR count). The predicted molar refractivity (Wildman–Crippen MR) is 118 cm³/mol. The minimum atomic E-state index is -0.161. The first kappa shape index (κ1) is 25.3. The Kier molecular flexibility index (Phi) is 10.1. The largest absolute Gasteiger partial charge is 0.466 e. The molecule has 12 nitrogen and oxygen atoms in total. The number of carbonyl (C=O) groups is 1. The molecule has 0 aromatic carbocycles. The Morgan fingerprint density at radius 1 is 1.16 bits per heavy atom. The molecular weight excluding hydrogens is 412 g/mol. The van der Waals surface area contributed by atoms with Gasteiger partial charge >= 0.3 is 5.97 Å². The molecule has 0 spiro atoms. The molecule has 0 saturated heterocycles. The third kappa shape index (κ3) is 9.03. The standard InChI is InChI=1S/C20H34N10O2/c1-5-32-19(31)9-6-7-12-29-15-17(23-26-29)13-28(11-8-10-22-25-21)14-18-16-30(27-24-18)20(2,3)4/h15-16H,5-14H2,1-4H3. The minimum absolute atomic E-state index is 0.131. The lowest BCUT2D eigenvalue weighted by atomic mass is 10.1. The second-order valence-electron chi connectivity index (χ2n) is 8.58. The number of aromatic nitrogens is 6. The van der Waals surface area contributed by atoms with Crippen LogP contribution in [-0.2, 0) is 34.7 Å². The van der Waals surface area contributed by atoms with E-state index in [0.29, 0.717) is 39.2 Å². The van der Waals surface area contributed by atoms with E-state index in [2.05, 4.69) is 56.3 Å². The molecule has 0 aliphatic rings. The fourth-order valence-electron chi connectivity index (χ4n) is 3.08. The van der Waals surface area contributed by atoms with Crippen molar-refractivity contribution in [1.82, 2.24) is 34.9 Å². The average molecular weight is 447 g/mol. The summed E-state index contributed by atoms with van der Waals surface area (Å²) in [5.74, 6) is -0.161. The number of carbonyl (C=O) groups excluding carboxylic acids is 1. The van der Waals surface area contributed by atoms with Crippen molar-refractivity contribution < 1.29 is 9.53 Å². The molecule has 0 fully saturated rings. The van der Waals surface area contributed by atoms with Crippen LogP contribution in [0, 0.1) is 0 Å². The van der Waals surface area contributed by atoms with E-state index < -0.39 is 0 Å². The van der Waals surface area contributed by atoms with Crippen LogP contribution in [0.3, 0.4) is 0 Å². The summed E-state index contributed by atoms with van der Waals surface area (Å²) >= 11 is 0. The Balaban J connectivity index is 1.91. The molecule has 0 amide bonds.